The van der Waals surface area contributed by atoms with Gasteiger partial charge in [-0.2, -0.15) is 5.10 Å². The third-order valence-corrected chi connectivity index (χ3v) is 2.67. The predicted molar refractivity (Wildman–Crippen MR) is 69.9 cm³/mol. The first kappa shape index (κ1) is 12.4. The lowest BCUT2D eigenvalue weighted by atomic mass is 10.2. The van der Waals surface area contributed by atoms with Gasteiger partial charge in [0.15, 0.2) is 5.82 Å². The van der Waals surface area contributed by atoms with Crippen molar-refractivity contribution in [3.05, 3.63) is 47.1 Å². The minimum atomic E-state index is -0.141. The maximum Gasteiger partial charge on any atom is 0.242 e. The molecule has 0 radical (unpaired) electrons. The molecule has 94 valence electrons. The van der Waals surface area contributed by atoms with Crippen LogP contribution < -0.4 is 11.1 Å². The van der Waals surface area contributed by atoms with E-state index in [0.29, 0.717) is 11.6 Å². The first-order valence-electron chi connectivity index (χ1n) is 5.44. The second-order valence-corrected chi connectivity index (χ2v) is 4.23. The number of aromatic nitrogens is 2. The highest BCUT2D eigenvalue weighted by atomic mass is 35.5. The van der Waals surface area contributed by atoms with Crippen LogP contribution in [0.1, 0.15) is 5.56 Å². The monoisotopic (exact) mass is 264 g/mol. The summed E-state index contributed by atoms with van der Waals surface area (Å²) in [6, 6.07) is 9.68. The van der Waals surface area contributed by atoms with Crippen LogP contribution in [0.25, 0.3) is 0 Å². The van der Waals surface area contributed by atoms with E-state index in [1.165, 1.54) is 10.9 Å². The van der Waals surface area contributed by atoms with Crippen LogP contribution in [0.5, 0.6) is 0 Å². The summed E-state index contributed by atoms with van der Waals surface area (Å²) in [7, 11) is 0. The molecule has 2 rings (SSSR count). The molecule has 6 heteroatoms. The number of nitrogen functional groups attached to an aromatic ring is 1. The van der Waals surface area contributed by atoms with Gasteiger partial charge in [0.05, 0.1) is 0 Å². The van der Waals surface area contributed by atoms with Gasteiger partial charge < -0.3 is 11.1 Å². The van der Waals surface area contributed by atoms with Crippen molar-refractivity contribution in [2.75, 3.05) is 5.73 Å². The van der Waals surface area contributed by atoms with Crippen molar-refractivity contribution in [1.29, 1.82) is 0 Å². The highest BCUT2D eigenvalue weighted by molar-refractivity contribution is 6.32. The third kappa shape index (κ3) is 3.24. The Morgan fingerprint density at radius 2 is 2.11 bits per heavy atom. The van der Waals surface area contributed by atoms with Gasteiger partial charge in [-0.25, -0.2) is 0 Å². The van der Waals surface area contributed by atoms with Crippen molar-refractivity contribution in [2.24, 2.45) is 0 Å². The quantitative estimate of drug-likeness (QED) is 0.878. The van der Waals surface area contributed by atoms with E-state index in [1.54, 1.807) is 0 Å². The molecule has 0 saturated heterocycles. The van der Waals surface area contributed by atoms with Gasteiger partial charge in [0.25, 0.3) is 0 Å². The summed E-state index contributed by atoms with van der Waals surface area (Å²) in [5, 5.41) is 7.05. The number of amides is 1. The maximum absolute atomic E-state index is 11.7. The second-order valence-electron chi connectivity index (χ2n) is 3.82. The predicted octanol–water partition coefficient (Wildman–Crippen LogP) is 1.44. The summed E-state index contributed by atoms with van der Waals surface area (Å²) in [6.07, 6.45) is 1.53. The van der Waals surface area contributed by atoms with E-state index in [2.05, 4.69) is 10.4 Å². The lowest BCUT2D eigenvalue weighted by Crippen LogP contribution is -2.27. The van der Waals surface area contributed by atoms with Crippen LogP contribution in [0.2, 0.25) is 5.02 Å². The molecular weight excluding hydrogens is 252 g/mol. The Hall–Kier alpha value is -2.01. The molecular formula is C12H13ClN4O. The Morgan fingerprint density at radius 3 is 2.72 bits per heavy atom. The summed E-state index contributed by atoms with van der Waals surface area (Å²) in [6.45, 7) is 0.591. The molecule has 2 aromatic rings. The lowest BCUT2D eigenvalue weighted by Gasteiger charge is -2.05. The largest absolute Gasteiger partial charge is 0.381 e. The second kappa shape index (κ2) is 5.55. The van der Waals surface area contributed by atoms with Gasteiger partial charge in [0.2, 0.25) is 5.91 Å². The van der Waals surface area contributed by atoms with Gasteiger partial charge in [-0.1, -0.05) is 41.9 Å². The Bertz CT molecular complexity index is 519. The Labute approximate surface area is 110 Å². The number of nitrogens with zero attached hydrogens (tertiary/aromatic N) is 2. The van der Waals surface area contributed by atoms with E-state index in [4.69, 9.17) is 17.3 Å². The van der Waals surface area contributed by atoms with Crippen molar-refractivity contribution in [3.63, 3.8) is 0 Å². The van der Waals surface area contributed by atoms with E-state index in [0.717, 1.165) is 5.56 Å². The van der Waals surface area contributed by atoms with Crippen LogP contribution in [0.15, 0.2) is 36.5 Å². The van der Waals surface area contributed by atoms with E-state index in [9.17, 15) is 4.79 Å². The van der Waals surface area contributed by atoms with Gasteiger partial charge in [-0.15, -0.1) is 0 Å². The van der Waals surface area contributed by atoms with Crippen LogP contribution in [-0.2, 0) is 17.9 Å². The zero-order valence-corrected chi connectivity index (χ0v) is 10.4. The summed E-state index contributed by atoms with van der Waals surface area (Å²) < 4.78 is 1.41. The smallest absolute Gasteiger partial charge is 0.242 e. The number of halogens is 1. The molecule has 0 aliphatic carbocycles. The number of nitrogens with one attached hydrogen (secondary N) is 1. The molecule has 5 nitrogen and oxygen atoms in total. The van der Waals surface area contributed by atoms with Gasteiger partial charge in [-0.05, 0) is 5.56 Å². The van der Waals surface area contributed by atoms with E-state index < -0.39 is 0 Å². The van der Waals surface area contributed by atoms with Crippen LogP contribution in [-0.4, -0.2) is 15.7 Å². The number of carbonyl (C=O) groups excluding carboxylic acids is 1. The number of carbonyl (C=O) groups is 1. The van der Waals surface area contributed by atoms with E-state index in [-0.39, 0.29) is 18.3 Å². The number of anilines is 1. The van der Waals surface area contributed by atoms with Gasteiger partial charge in [-0.3, -0.25) is 9.48 Å². The molecule has 1 amide bonds. The zero-order valence-electron chi connectivity index (χ0n) is 9.64. The van der Waals surface area contributed by atoms with Crippen LogP contribution in [0.4, 0.5) is 5.82 Å². The first-order valence-corrected chi connectivity index (χ1v) is 5.82. The van der Waals surface area contributed by atoms with E-state index in [1.807, 2.05) is 30.3 Å². The number of hydrogen-bond donors (Lipinski definition) is 2. The Morgan fingerprint density at radius 1 is 1.39 bits per heavy atom. The van der Waals surface area contributed by atoms with Crippen molar-refractivity contribution in [3.8, 4) is 0 Å². The van der Waals surface area contributed by atoms with Crippen molar-refractivity contribution >= 4 is 23.3 Å². The molecule has 0 atom stereocenters. The highest BCUT2D eigenvalue weighted by Crippen LogP contribution is 2.14. The van der Waals surface area contributed by atoms with Crippen LogP contribution in [0, 0.1) is 0 Å². The van der Waals surface area contributed by atoms with Gasteiger partial charge in [0, 0.05) is 12.7 Å². The molecule has 0 fully saturated rings. The van der Waals surface area contributed by atoms with E-state index >= 15 is 0 Å². The lowest BCUT2D eigenvalue weighted by molar-refractivity contribution is -0.122. The minimum absolute atomic E-state index is 0.101. The van der Waals surface area contributed by atoms with Crippen LogP contribution >= 0.6 is 11.6 Å². The third-order valence-electron chi connectivity index (χ3n) is 2.38. The molecule has 18 heavy (non-hydrogen) atoms. The summed E-state index contributed by atoms with van der Waals surface area (Å²) >= 11 is 5.75. The molecule has 1 heterocycles. The van der Waals surface area contributed by atoms with Gasteiger partial charge >= 0.3 is 0 Å². The number of nitrogens with two attached hydrogens (primary N) is 1. The fraction of sp³-hybridized carbons (Fsp3) is 0.167. The maximum atomic E-state index is 11.7. The Kier molecular flexibility index (Phi) is 3.84. The molecule has 0 spiro atoms. The molecule has 3 N–H and O–H groups in total. The summed E-state index contributed by atoms with van der Waals surface area (Å²) in [5.74, 6) is 0.0885. The summed E-state index contributed by atoms with van der Waals surface area (Å²) in [4.78, 5) is 11.7. The fourth-order valence-corrected chi connectivity index (χ4v) is 1.64. The molecule has 1 aromatic carbocycles. The fourth-order valence-electron chi connectivity index (χ4n) is 1.49. The van der Waals surface area contributed by atoms with Crippen molar-refractivity contribution in [2.45, 2.75) is 13.1 Å². The normalized spacial score (nSPS) is 10.3. The molecule has 1 aromatic heterocycles. The first-order chi connectivity index (χ1) is 8.65. The Balaban J connectivity index is 1.86. The number of rotatable bonds is 4. The SMILES string of the molecule is Nc1nn(CC(=O)NCc2ccccc2)cc1Cl. The van der Waals surface area contributed by atoms with Crippen molar-refractivity contribution in [1.82, 2.24) is 15.1 Å². The molecule has 0 unspecified atom stereocenters. The van der Waals surface area contributed by atoms with Crippen LogP contribution in [0.3, 0.4) is 0 Å². The molecule has 0 aliphatic heterocycles. The van der Waals surface area contributed by atoms with Gasteiger partial charge in [0.1, 0.15) is 11.6 Å². The average molecular weight is 265 g/mol. The zero-order chi connectivity index (χ0) is 13.0. The number of benzene rings is 1. The average Bonchev–Trinajstić information content (AvgIpc) is 2.67. The molecule has 0 bridgehead atoms. The van der Waals surface area contributed by atoms with Crippen molar-refractivity contribution < 1.29 is 4.79 Å². The highest BCUT2D eigenvalue weighted by Gasteiger charge is 2.07. The topological polar surface area (TPSA) is 72.9 Å². The number of hydrogen-bond acceptors (Lipinski definition) is 3. The molecule has 0 aliphatic rings. The summed E-state index contributed by atoms with van der Waals surface area (Å²) in [5.41, 5.74) is 6.53. The molecule has 0 saturated carbocycles. The standard InChI is InChI=1S/C12H13ClN4O/c13-10-7-17(16-12(10)14)8-11(18)15-6-9-4-2-1-3-5-9/h1-5,7H,6,8H2,(H2,14,16)(H,15,18). The minimum Gasteiger partial charge on any atom is -0.381 e.